The summed E-state index contributed by atoms with van der Waals surface area (Å²) >= 11 is 6.51. The maximum atomic E-state index is 12.3. The van der Waals surface area contributed by atoms with E-state index in [0.29, 0.717) is 54.5 Å². The van der Waals surface area contributed by atoms with Crippen LogP contribution in [0, 0.1) is 6.92 Å². The highest BCUT2D eigenvalue weighted by molar-refractivity contribution is 6.20. The van der Waals surface area contributed by atoms with Gasteiger partial charge in [-0.1, -0.05) is 42.6 Å². The zero-order chi connectivity index (χ0) is 23.4. The summed E-state index contributed by atoms with van der Waals surface area (Å²) in [4.78, 5) is 38.9. The highest BCUT2D eigenvalue weighted by atomic mass is 35.5. The summed E-state index contributed by atoms with van der Waals surface area (Å²) in [6.45, 7) is 4.62. The van der Waals surface area contributed by atoms with Crippen molar-refractivity contribution in [3.63, 3.8) is 0 Å². The maximum Gasteiger partial charge on any atom is 0.330 e. The number of aromatic amines is 2. The van der Waals surface area contributed by atoms with E-state index in [1.54, 1.807) is 0 Å². The van der Waals surface area contributed by atoms with Gasteiger partial charge in [-0.15, -0.1) is 11.6 Å². The second-order valence-electron chi connectivity index (χ2n) is 8.19. The molecule has 9 nitrogen and oxygen atoms in total. The number of benzene rings is 1. The number of hydrogen-bond donors (Lipinski definition) is 2. The van der Waals surface area contributed by atoms with Crippen molar-refractivity contribution >= 4 is 22.8 Å². The van der Waals surface area contributed by atoms with Crippen molar-refractivity contribution in [1.29, 1.82) is 0 Å². The smallest absolute Gasteiger partial charge is 0.330 e. The van der Waals surface area contributed by atoms with Gasteiger partial charge in [-0.05, 0) is 38.3 Å². The molecular weight excluding hydrogens is 444 g/mol. The predicted octanol–water partition coefficient (Wildman–Crippen LogP) is 4.26. The fourth-order valence-electron chi connectivity index (χ4n) is 3.77. The largest absolute Gasteiger partial charge is 0.336 e. The Morgan fingerprint density at radius 2 is 2.00 bits per heavy atom. The van der Waals surface area contributed by atoms with Crippen LogP contribution in [0.3, 0.4) is 0 Å². The van der Waals surface area contributed by atoms with E-state index in [2.05, 4.69) is 32.0 Å². The van der Waals surface area contributed by atoms with Gasteiger partial charge in [0.25, 0.3) is 11.4 Å². The first-order valence-corrected chi connectivity index (χ1v) is 11.7. The lowest BCUT2D eigenvalue weighted by Gasteiger charge is -2.04. The van der Waals surface area contributed by atoms with E-state index in [1.807, 2.05) is 31.2 Å². The molecule has 0 bridgehead atoms. The molecule has 0 amide bonds. The predicted molar refractivity (Wildman–Crippen MR) is 127 cm³/mol. The van der Waals surface area contributed by atoms with Gasteiger partial charge in [-0.25, -0.2) is 9.78 Å². The fourth-order valence-corrected chi connectivity index (χ4v) is 4.01. The summed E-state index contributed by atoms with van der Waals surface area (Å²) < 4.78 is 6.91. The molecule has 1 unspecified atom stereocenters. The zero-order valence-electron chi connectivity index (χ0n) is 18.7. The van der Waals surface area contributed by atoms with Gasteiger partial charge in [-0.3, -0.25) is 14.3 Å². The molecule has 0 aliphatic carbocycles. The Morgan fingerprint density at radius 1 is 1.15 bits per heavy atom. The van der Waals surface area contributed by atoms with Crippen LogP contribution in [0.25, 0.3) is 22.6 Å². The molecule has 0 aliphatic rings. The molecule has 1 aromatic carbocycles. The molecule has 0 radical (unpaired) electrons. The number of hydrogen-bond acceptors (Lipinski definition) is 6. The summed E-state index contributed by atoms with van der Waals surface area (Å²) in [5.74, 6) is 1.53. The minimum atomic E-state index is -0.453. The highest BCUT2D eigenvalue weighted by Crippen LogP contribution is 2.27. The molecule has 0 aliphatic heterocycles. The van der Waals surface area contributed by atoms with E-state index >= 15 is 0 Å². The molecule has 33 heavy (non-hydrogen) atoms. The molecule has 3 heterocycles. The van der Waals surface area contributed by atoms with E-state index < -0.39 is 16.6 Å². The topological polar surface area (TPSA) is 122 Å². The number of alkyl halides is 1. The Bertz CT molecular complexity index is 1350. The second kappa shape index (κ2) is 10.2. The summed E-state index contributed by atoms with van der Waals surface area (Å²) in [5, 5.41) is 3.62. The van der Waals surface area contributed by atoms with Gasteiger partial charge in [0.1, 0.15) is 11.3 Å². The van der Waals surface area contributed by atoms with Gasteiger partial charge >= 0.3 is 5.69 Å². The van der Waals surface area contributed by atoms with Crippen molar-refractivity contribution in [3.8, 4) is 11.5 Å². The molecule has 4 rings (SSSR count). The number of H-pyrrole nitrogens is 2. The van der Waals surface area contributed by atoms with Crippen molar-refractivity contribution in [2.45, 2.75) is 64.3 Å². The van der Waals surface area contributed by atoms with E-state index in [9.17, 15) is 9.59 Å². The quantitative estimate of drug-likeness (QED) is 0.263. The molecule has 0 saturated heterocycles. The summed E-state index contributed by atoms with van der Waals surface area (Å²) in [6, 6.07) is 7.83. The van der Waals surface area contributed by atoms with E-state index in [-0.39, 0.29) is 0 Å². The fraction of sp³-hybridized carbons (Fsp3) is 0.435. The van der Waals surface area contributed by atoms with Crippen LogP contribution in [0.4, 0.5) is 0 Å². The monoisotopic (exact) mass is 470 g/mol. The molecule has 174 valence electrons. The lowest BCUT2D eigenvalue weighted by Crippen LogP contribution is -2.30. The molecule has 1 atom stereocenters. The van der Waals surface area contributed by atoms with E-state index in [4.69, 9.17) is 16.1 Å². The van der Waals surface area contributed by atoms with Crippen LogP contribution in [-0.2, 0) is 13.0 Å². The molecular formula is C23H27ClN6O3. The normalized spacial score (nSPS) is 12.5. The lowest BCUT2D eigenvalue weighted by molar-refractivity contribution is 0.420. The van der Waals surface area contributed by atoms with Gasteiger partial charge in [0.15, 0.2) is 11.5 Å². The Kier molecular flexibility index (Phi) is 7.08. The van der Waals surface area contributed by atoms with Gasteiger partial charge in [0, 0.05) is 18.5 Å². The Morgan fingerprint density at radius 3 is 2.79 bits per heavy atom. The third-order valence-corrected chi connectivity index (χ3v) is 5.94. The number of unbranched alkanes of at least 4 members (excludes halogenated alkanes) is 2. The third-order valence-electron chi connectivity index (χ3n) is 5.53. The van der Waals surface area contributed by atoms with Crippen LogP contribution in [0.15, 0.2) is 38.4 Å². The lowest BCUT2D eigenvalue weighted by atomic mass is 10.1. The number of rotatable bonds is 10. The van der Waals surface area contributed by atoms with Crippen molar-refractivity contribution in [1.82, 2.24) is 29.7 Å². The molecule has 10 heteroatoms. The molecule has 0 spiro atoms. The number of nitrogens with zero attached hydrogens (tertiary/aromatic N) is 4. The van der Waals surface area contributed by atoms with Crippen LogP contribution >= 0.6 is 11.6 Å². The number of aryl methyl sites for hydroxylation is 3. The number of imidazole rings is 1. The van der Waals surface area contributed by atoms with Crippen LogP contribution in [0.5, 0.6) is 0 Å². The Hall–Kier alpha value is -3.20. The SMILES string of the molecule is CCCCCn1c(=O)[nH]c(=O)c2[nH]c(CCCC(Cl)c3noc(-c4cccc(C)c4)n3)nc21. The maximum absolute atomic E-state index is 12.3. The first-order chi connectivity index (χ1) is 16.0. The van der Waals surface area contributed by atoms with E-state index in [1.165, 1.54) is 4.57 Å². The first-order valence-electron chi connectivity index (χ1n) is 11.2. The average Bonchev–Trinajstić information content (AvgIpc) is 3.44. The Balaban J connectivity index is 1.42. The van der Waals surface area contributed by atoms with Crippen molar-refractivity contribution in [2.75, 3.05) is 0 Å². The third kappa shape index (κ3) is 5.24. The van der Waals surface area contributed by atoms with Crippen LogP contribution in [0.1, 0.15) is 61.6 Å². The van der Waals surface area contributed by atoms with Gasteiger partial charge in [-0.2, -0.15) is 4.98 Å². The minimum Gasteiger partial charge on any atom is -0.336 e. The summed E-state index contributed by atoms with van der Waals surface area (Å²) in [6.07, 6.45) is 4.76. The molecule has 4 aromatic rings. The molecule has 2 N–H and O–H groups in total. The molecule has 0 fully saturated rings. The number of aromatic nitrogens is 6. The van der Waals surface area contributed by atoms with Gasteiger partial charge in [0.2, 0.25) is 0 Å². The summed E-state index contributed by atoms with van der Waals surface area (Å²) in [7, 11) is 0. The molecule has 3 aromatic heterocycles. The van der Waals surface area contributed by atoms with Crippen molar-refractivity contribution < 1.29 is 4.52 Å². The number of fused-ring (bicyclic) bond motifs is 1. The van der Waals surface area contributed by atoms with Gasteiger partial charge in [0.05, 0.1) is 5.38 Å². The van der Waals surface area contributed by atoms with Crippen LogP contribution in [-0.4, -0.2) is 29.7 Å². The highest BCUT2D eigenvalue weighted by Gasteiger charge is 2.18. The second-order valence-corrected chi connectivity index (χ2v) is 8.71. The van der Waals surface area contributed by atoms with Crippen LogP contribution in [0.2, 0.25) is 0 Å². The van der Waals surface area contributed by atoms with Gasteiger partial charge < -0.3 is 9.51 Å². The first kappa shape index (κ1) is 23.0. The zero-order valence-corrected chi connectivity index (χ0v) is 19.5. The molecule has 0 saturated carbocycles. The van der Waals surface area contributed by atoms with Crippen LogP contribution < -0.4 is 11.2 Å². The summed E-state index contributed by atoms with van der Waals surface area (Å²) in [5.41, 5.74) is 1.81. The number of halogens is 1. The average molecular weight is 471 g/mol. The minimum absolute atomic E-state index is 0.324. The Labute approximate surface area is 195 Å². The van der Waals surface area contributed by atoms with Crippen molar-refractivity contribution in [2.24, 2.45) is 0 Å². The number of nitrogens with one attached hydrogen (secondary N) is 2. The van der Waals surface area contributed by atoms with Crippen molar-refractivity contribution in [3.05, 3.63) is 62.3 Å². The van der Waals surface area contributed by atoms with E-state index in [0.717, 1.165) is 30.4 Å². The standard InChI is InChI=1S/C23H27ClN6O3/c1-3-4-5-12-30-20-18(21(31)28-23(30)32)25-17(26-20)11-7-10-16(24)19-27-22(33-29-19)15-9-6-8-14(2)13-15/h6,8-9,13,16H,3-5,7,10-12H2,1-2H3,(H,25,26)(H,28,31,32).